The molecule has 1 aromatic rings. The molecule has 0 unspecified atom stereocenters. The zero-order chi connectivity index (χ0) is 16.1. The molecule has 6 nitrogen and oxygen atoms in total. The predicted molar refractivity (Wildman–Crippen MR) is 81.2 cm³/mol. The Balaban J connectivity index is 2.25. The van der Waals surface area contributed by atoms with Crippen molar-refractivity contribution < 1.29 is 19.1 Å². The van der Waals surface area contributed by atoms with Gasteiger partial charge in [-0.3, -0.25) is 4.79 Å². The van der Waals surface area contributed by atoms with Crippen LogP contribution in [0.25, 0.3) is 0 Å². The zero-order valence-electron chi connectivity index (χ0n) is 12.3. The topological polar surface area (TPSA) is 76.7 Å². The third-order valence-corrected chi connectivity index (χ3v) is 3.33. The molecule has 1 aliphatic rings. The van der Waals surface area contributed by atoms with Crippen molar-refractivity contribution in [2.75, 3.05) is 13.7 Å². The fourth-order valence-electron chi connectivity index (χ4n) is 2.29. The van der Waals surface area contributed by atoms with E-state index in [0.29, 0.717) is 18.1 Å². The highest BCUT2D eigenvalue weighted by molar-refractivity contribution is 5.85. The number of amides is 2. The summed E-state index contributed by atoms with van der Waals surface area (Å²) in [5.74, 6) is -0.477. The molecule has 1 fully saturated rings. The van der Waals surface area contributed by atoms with Crippen LogP contribution in [-0.4, -0.2) is 25.7 Å². The molecular formula is C16H18N2O4. The van der Waals surface area contributed by atoms with Crippen molar-refractivity contribution in [1.29, 1.82) is 0 Å². The van der Waals surface area contributed by atoms with Crippen LogP contribution >= 0.6 is 0 Å². The van der Waals surface area contributed by atoms with Crippen LogP contribution in [0.15, 0.2) is 49.2 Å². The Bertz CT molecular complexity index is 595. The van der Waals surface area contributed by atoms with Crippen LogP contribution in [0.2, 0.25) is 0 Å². The third-order valence-electron chi connectivity index (χ3n) is 3.33. The van der Waals surface area contributed by atoms with E-state index in [1.807, 2.05) is 0 Å². The molecule has 0 radical (unpaired) electrons. The van der Waals surface area contributed by atoms with Crippen molar-refractivity contribution in [1.82, 2.24) is 10.6 Å². The average molecular weight is 302 g/mol. The predicted octanol–water partition coefficient (Wildman–Crippen LogP) is 1.91. The molecule has 1 heterocycles. The average Bonchev–Trinajstić information content (AvgIpc) is 2.52. The summed E-state index contributed by atoms with van der Waals surface area (Å²) in [6.07, 6.45) is 1.65. The molecule has 0 saturated carbocycles. The Morgan fingerprint density at radius 1 is 1.36 bits per heavy atom. The fourth-order valence-corrected chi connectivity index (χ4v) is 2.29. The summed E-state index contributed by atoms with van der Waals surface area (Å²) >= 11 is 0. The van der Waals surface area contributed by atoms with E-state index in [1.54, 1.807) is 30.3 Å². The van der Waals surface area contributed by atoms with Crippen LogP contribution in [0.4, 0.5) is 4.79 Å². The van der Waals surface area contributed by atoms with Crippen LogP contribution in [0.1, 0.15) is 11.6 Å². The fraction of sp³-hybridized carbons (Fsp3) is 0.250. The summed E-state index contributed by atoms with van der Waals surface area (Å²) in [5, 5.41) is 5.22. The number of rotatable bonds is 5. The maximum atomic E-state index is 12.0. The van der Waals surface area contributed by atoms with Crippen molar-refractivity contribution in [3.63, 3.8) is 0 Å². The summed E-state index contributed by atoms with van der Waals surface area (Å²) in [5.41, 5.74) is 1.07. The zero-order valence-corrected chi connectivity index (χ0v) is 12.3. The molecule has 2 atom stereocenters. The number of benzene rings is 1. The van der Waals surface area contributed by atoms with Crippen molar-refractivity contribution in [3.8, 4) is 5.75 Å². The largest absolute Gasteiger partial charge is 0.490 e. The first-order valence-electron chi connectivity index (χ1n) is 6.74. The molecule has 2 rings (SSSR count). The third kappa shape index (κ3) is 3.28. The number of ether oxygens (including phenoxy) is 2. The summed E-state index contributed by atoms with van der Waals surface area (Å²) in [6.45, 7) is 7.73. The van der Waals surface area contributed by atoms with Crippen LogP contribution in [0.5, 0.6) is 5.75 Å². The van der Waals surface area contributed by atoms with Gasteiger partial charge in [-0.15, -0.1) is 0 Å². The van der Waals surface area contributed by atoms with E-state index in [2.05, 4.69) is 23.8 Å². The smallest absolute Gasteiger partial charge is 0.319 e. The molecule has 1 aliphatic heterocycles. The minimum atomic E-state index is -0.692. The minimum absolute atomic E-state index is 0.313. The van der Waals surface area contributed by atoms with Gasteiger partial charge in [-0.05, 0) is 17.7 Å². The number of hydrogen-bond acceptors (Lipinski definition) is 4. The number of carbonyl (C=O) groups is 2. The van der Waals surface area contributed by atoms with Gasteiger partial charge >= 0.3 is 12.0 Å². The highest BCUT2D eigenvalue weighted by Crippen LogP contribution is 2.31. The van der Waals surface area contributed by atoms with Gasteiger partial charge in [0.1, 0.15) is 18.3 Å². The van der Waals surface area contributed by atoms with E-state index in [4.69, 9.17) is 9.47 Å². The van der Waals surface area contributed by atoms with E-state index < -0.39 is 24.0 Å². The number of methoxy groups -OCH3 is 1. The quantitative estimate of drug-likeness (QED) is 0.643. The first kappa shape index (κ1) is 15.6. The lowest BCUT2D eigenvalue weighted by atomic mass is 9.89. The maximum Gasteiger partial charge on any atom is 0.319 e. The molecule has 6 heteroatoms. The maximum absolute atomic E-state index is 12.0. The molecular weight excluding hydrogens is 284 g/mol. The highest BCUT2D eigenvalue weighted by Gasteiger charge is 2.38. The van der Waals surface area contributed by atoms with Crippen LogP contribution < -0.4 is 15.4 Å². The van der Waals surface area contributed by atoms with Crippen LogP contribution in [0.3, 0.4) is 0 Å². The number of nitrogens with one attached hydrogen (secondary N) is 2. The SMILES string of the molecule is C=CCOc1ccc([C@@H]2NC(=O)NC(=C)[C@H]2C(=O)OC)cc1. The number of hydrogen-bond donors (Lipinski definition) is 2. The van der Waals surface area contributed by atoms with Gasteiger partial charge in [0.25, 0.3) is 0 Å². The summed E-state index contributed by atoms with van der Waals surface area (Å²) in [7, 11) is 1.30. The van der Waals surface area contributed by atoms with Crippen molar-refractivity contribution in [2.24, 2.45) is 5.92 Å². The van der Waals surface area contributed by atoms with Gasteiger partial charge in [0, 0.05) is 5.70 Å². The second-order valence-corrected chi connectivity index (χ2v) is 4.77. The Labute approximate surface area is 128 Å². The van der Waals surface area contributed by atoms with Crippen molar-refractivity contribution >= 4 is 12.0 Å². The second kappa shape index (κ2) is 6.80. The first-order chi connectivity index (χ1) is 10.6. The van der Waals surface area contributed by atoms with Gasteiger partial charge in [0.15, 0.2) is 0 Å². The molecule has 2 N–H and O–H groups in total. The van der Waals surface area contributed by atoms with Gasteiger partial charge in [-0.25, -0.2) is 4.79 Å². The molecule has 0 aromatic heterocycles. The lowest BCUT2D eigenvalue weighted by Crippen LogP contribution is -2.50. The molecule has 2 amide bonds. The Kier molecular flexibility index (Phi) is 4.83. The summed E-state index contributed by atoms with van der Waals surface area (Å²) in [4.78, 5) is 23.6. The highest BCUT2D eigenvalue weighted by atomic mass is 16.5. The molecule has 0 aliphatic carbocycles. The van der Waals surface area contributed by atoms with E-state index in [9.17, 15) is 9.59 Å². The molecule has 1 saturated heterocycles. The number of esters is 1. The monoisotopic (exact) mass is 302 g/mol. The van der Waals surface area contributed by atoms with Gasteiger partial charge < -0.3 is 20.1 Å². The molecule has 0 spiro atoms. The first-order valence-corrected chi connectivity index (χ1v) is 6.74. The second-order valence-electron chi connectivity index (χ2n) is 4.77. The van der Waals surface area contributed by atoms with E-state index >= 15 is 0 Å². The summed E-state index contributed by atoms with van der Waals surface area (Å²) < 4.78 is 10.2. The molecule has 22 heavy (non-hydrogen) atoms. The van der Waals surface area contributed by atoms with Crippen molar-refractivity contribution in [3.05, 3.63) is 54.8 Å². The minimum Gasteiger partial charge on any atom is -0.490 e. The number of carbonyl (C=O) groups excluding carboxylic acids is 2. The van der Waals surface area contributed by atoms with Gasteiger partial charge in [-0.1, -0.05) is 31.4 Å². The van der Waals surface area contributed by atoms with Crippen LogP contribution in [-0.2, 0) is 9.53 Å². The summed E-state index contributed by atoms with van der Waals surface area (Å²) in [6, 6.07) is 6.17. The molecule has 1 aromatic carbocycles. The standard InChI is InChI=1S/C16H18N2O4/c1-4-9-22-12-7-5-11(6-8-12)14-13(15(19)21-3)10(2)17-16(20)18-14/h4-8,13-14H,1-2,9H2,3H3,(H2,17,18,20)/t13-,14+/m1/s1. The Morgan fingerprint density at radius 3 is 2.64 bits per heavy atom. The number of urea groups is 1. The van der Waals surface area contributed by atoms with Crippen molar-refractivity contribution in [2.45, 2.75) is 6.04 Å². The van der Waals surface area contributed by atoms with E-state index in [1.165, 1.54) is 7.11 Å². The molecule has 0 bridgehead atoms. The lowest BCUT2D eigenvalue weighted by molar-refractivity contribution is -0.145. The van der Waals surface area contributed by atoms with E-state index in [0.717, 1.165) is 5.56 Å². The Morgan fingerprint density at radius 2 is 2.05 bits per heavy atom. The van der Waals surface area contributed by atoms with Gasteiger partial charge in [-0.2, -0.15) is 0 Å². The Hall–Kier alpha value is -2.76. The van der Waals surface area contributed by atoms with Crippen LogP contribution in [0, 0.1) is 5.92 Å². The van der Waals surface area contributed by atoms with E-state index in [-0.39, 0.29) is 0 Å². The normalized spacial score (nSPS) is 20.6. The van der Waals surface area contributed by atoms with Gasteiger partial charge in [0.05, 0.1) is 13.2 Å². The lowest BCUT2D eigenvalue weighted by Gasteiger charge is -2.33. The van der Waals surface area contributed by atoms with Gasteiger partial charge in [0.2, 0.25) is 0 Å². The molecule has 116 valence electrons.